The van der Waals surface area contributed by atoms with Crippen molar-refractivity contribution in [3.05, 3.63) is 53.2 Å². The van der Waals surface area contributed by atoms with Gasteiger partial charge in [0.15, 0.2) is 0 Å². The summed E-state index contributed by atoms with van der Waals surface area (Å²) in [7, 11) is 0. The number of hydrogen-bond donors (Lipinski definition) is 2. The molecule has 2 aromatic rings. The number of nitrogens with one attached hydrogen (secondary N) is 1. The first-order valence-corrected chi connectivity index (χ1v) is 5.87. The van der Waals surface area contributed by atoms with Gasteiger partial charge in [-0.2, -0.15) is 0 Å². The SMILES string of the molecule is Cc1ccc(C(N)=S)c(Nc2cc(F)ccc2F)n1. The third kappa shape index (κ3) is 3.03. The second-order valence-corrected chi connectivity index (χ2v) is 4.40. The van der Waals surface area contributed by atoms with Gasteiger partial charge in [-0.1, -0.05) is 12.2 Å². The molecular weight excluding hydrogens is 268 g/mol. The van der Waals surface area contributed by atoms with Crippen molar-refractivity contribution in [3.63, 3.8) is 0 Å². The Bertz CT molecular complexity index is 644. The fourth-order valence-corrected chi connectivity index (χ4v) is 1.74. The molecule has 0 aliphatic carbocycles. The van der Waals surface area contributed by atoms with E-state index in [9.17, 15) is 8.78 Å². The molecular formula is C13H11F2N3S. The van der Waals surface area contributed by atoms with Crippen LogP contribution in [0, 0.1) is 18.6 Å². The first kappa shape index (κ1) is 13.4. The Labute approximate surface area is 114 Å². The number of halogens is 2. The minimum Gasteiger partial charge on any atom is -0.389 e. The number of anilines is 2. The zero-order valence-electron chi connectivity index (χ0n) is 10.1. The topological polar surface area (TPSA) is 50.9 Å². The quantitative estimate of drug-likeness (QED) is 0.848. The average molecular weight is 279 g/mol. The molecule has 3 N–H and O–H groups in total. The molecule has 0 aliphatic heterocycles. The second kappa shape index (κ2) is 5.27. The van der Waals surface area contributed by atoms with E-state index in [0.29, 0.717) is 17.1 Å². The molecule has 98 valence electrons. The van der Waals surface area contributed by atoms with Gasteiger partial charge in [0.05, 0.1) is 11.3 Å². The van der Waals surface area contributed by atoms with Gasteiger partial charge in [0.1, 0.15) is 22.4 Å². The summed E-state index contributed by atoms with van der Waals surface area (Å²) in [5, 5.41) is 2.71. The molecule has 19 heavy (non-hydrogen) atoms. The van der Waals surface area contributed by atoms with Gasteiger partial charge in [0.2, 0.25) is 0 Å². The smallest absolute Gasteiger partial charge is 0.146 e. The number of nitrogens with two attached hydrogens (primary N) is 1. The van der Waals surface area contributed by atoms with Crippen LogP contribution in [0.25, 0.3) is 0 Å². The van der Waals surface area contributed by atoms with Crippen molar-refractivity contribution in [3.8, 4) is 0 Å². The van der Waals surface area contributed by atoms with Crippen molar-refractivity contribution in [1.29, 1.82) is 0 Å². The summed E-state index contributed by atoms with van der Waals surface area (Å²) in [6.45, 7) is 1.77. The first-order chi connectivity index (χ1) is 8.97. The van der Waals surface area contributed by atoms with E-state index >= 15 is 0 Å². The normalized spacial score (nSPS) is 10.3. The van der Waals surface area contributed by atoms with Crippen LogP contribution in [0.3, 0.4) is 0 Å². The molecule has 0 fully saturated rings. The van der Waals surface area contributed by atoms with E-state index in [-0.39, 0.29) is 10.7 Å². The number of rotatable bonds is 3. The van der Waals surface area contributed by atoms with Crippen molar-refractivity contribution >= 4 is 28.7 Å². The van der Waals surface area contributed by atoms with Crippen LogP contribution in [0.1, 0.15) is 11.3 Å². The highest BCUT2D eigenvalue weighted by molar-refractivity contribution is 7.80. The van der Waals surface area contributed by atoms with Crippen molar-refractivity contribution in [2.75, 3.05) is 5.32 Å². The van der Waals surface area contributed by atoms with E-state index in [1.807, 2.05) is 0 Å². The Morgan fingerprint density at radius 1 is 1.26 bits per heavy atom. The van der Waals surface area contributed by atoms with Gasteiger partial charge >= 0.3 is 0 Å². The van der Waals surface area contributed by atoms with Crippen LogP contribution in [0.2, 0.25) is 0 Å². The van der Waals surface area contributed by atoms with Gasteiger partial charge in [-0.25, -0.2) is 13.8 Å². The van der Waals surface area contributed by atoms with Crippen molar-refractivity contribution < 1.29 is 8.78 Å². The first-order valence-electron chi connectivity index (χ1n) is 5.47. The Kier molecular flexibility index (Phi) is 3.71. The maximum atomic E-state index is 13.6. The van der Waals surface area contributed by atoms with Crippen LogP contribution in [-0.4, -0.2) is 9.97 Å². The number of pyridine rings is 1. The van der Waals surface area contributed by atoms with E-state index in [4.69, 9.17) is 18.0 Å². The zero-order chi connectivity index (χ0) is 14.0. The molecule has 0 spiro atoms. The maximum absolute atomic E-state index is 13.6. The molecule has 1 heterocycles. The lowest BCUT2D eigenvalue weighted by molar-refractivity contribution is 0.603. The van der Waals surface area contributed by atoms with Crippen LogP contribution in [0.5, 0.6) is 0 Å². The Morgan fingerprint density at radius 2 is 2.00 bits per heavy atom. The lowest BCUT2D eigenvalue weighted by atomic mass is 10.2. The summed E-state index contributed by atoms with van der Waals surface area (Å²) < 4.78 is 26.7. The summed E-state index contributed by atoms with van der Waals surface area (Å²) in [5.41, 5.74) is 6.74. The molecule has 0 saturated carbocycles. The number of aromatic nitrogens is 1. The molecule has 1 aromatic carbocycles. The zero-order valence-corrected chi connectivity index (χ0v) is 10.9. The van der Waals surface area contributed by atoms with E-state index in [1.54, 1.807) is 19.1 Å². The van der Waals surface area contributed by atoms with Gasteiger partial charge in [-0.05, 0) is 31.2 Å². The van der Waals surface area contributed by atoms with Gasteiger partial charge in [0.25, 0.3) is 0 Å². The van der Waals surface area contributed by atoms with Crippen LogP contribution < -0.4 is 11.1 Å². The minimum absolute atomic E-state index is 0.0180. The number of thiocarbonyl (C=S) groups is 1. The minimum atomic E-state index is -0.585. The molecule has 0 unspecified atom stereocenters. The van der Waals surface area contributed by atoms with Crippen molar-refractivity contribution in [1.82, 2.24) is 4.98 Å². The van der Waals surface area contributed by atoms with Gasteiger partial charge in [-0.3, -0.25) is 0 Å². The third-order valence-corrected chi connectivity index (χ3v) is 2.70. The maximum Gasteiger partial charge on any atom is 0.146 e. The highest BCUT2D eigenvalue weighted by atomic mass is 32.1. The fourth-order valence-electron chi connectivity index (χ4n) is 1.57. The van der Waals surface area contributed by atoms with Gasteiger partial charge in [0, 0.05) is 11.8 Å². The number of hydrogen-bond acceptors (Lipinski definition) is 3. The molecule has 1 aromatic heterocycles. The molecule has 0 amide bonds. The number of nitrogens with zero attached hydrogens (tertiary/aromatic N) is 1. The summed E-state index contributed by atoms with van der Waals surface area (Å²) >= 11 is 4.90. The fraction of sp³-hybridized carbons (Fsp3) is 0.0769. The number of benzene rings is 1. The van der Waals surface area contributed by atoms with E-state index in [1.165, 1.54) is 0 Å². The highest BCUT2D eigenvalue weighted by Gasteiger charge is 2.10. The molecule has 0 saturated heterocycles. The van der Waals surface area contributed by atoms with Gasteiger partial charge < -0.3 is 11.1 Å². The van der Waals surface area contributed by atoms with Crippen molar-refractivity contribution in [2.45, 2.75) is 6.92 Å². The predicted octanol–water partition coefficient (Wildman–Crippen LogP) is 3.05. The third-order valence-electron chi connectivity index (χ3n) is 2.48. The molecule has 6 heteroatoms. The van der Waals surface area contributed by atoms with E-state index in [0.717, 1.165) is 18.2 Å². The van der Waals surface area contributed by atoms with Crippen LogP contribution in [0.4, 0.5) is 20.3 Å². The molecule has 0 radical (unpaired) electrons. The monoisotopic (exact) mass is 279 g/mol. The molecule has 0 bridgehead atoms. The lowest BCUT2D eigenvalue weighted by Crippen LogP contribution is -2.13. The lowest BCUT2D eigenvalue weighted by Gasteiger charge is -2.11. The average Bonchev–Trinajstić information content (AvgIpc) is 2.33. The molecule has 0 aliphatic rings. The Hall–Kier alpha value is -2.08. The highest BCUT2D eigenvalue weighted by Crippen LogP contribution is 2.22. The largest absolute Gasteiger partial charge is 0.389 e. The molecule has 3 nitrogen and oxygen atoms in total. The Balaban J connectivity index is 2.45. The van der Waals surface area contributed by atoms with E-state index < -0.39 is 11.6 Å². The van der Waals surface area contributed by atoms with Crippen LogP contribution >= 0.6 is 12.2 Å². The summed E-state index contributed by atoms with van der Waals surface area (Å²) in [5.74, 6) is -0.830. The molecule has 2 rings (SSSR count). The van der Waals surface area contributed by atoms with Gasteiger partial charge in [-0.15, -0.1) is 0 Å². The molecule has 0 atom stereocenters. The second-order valence-electron chi connectivity index (χ2n) is 3.96. The summed E-state index contributed by atoms with van der Waals surface area (Å²) in [6.07, 6.45) is 0. The standard InChI is InChI=1S/C13H11F2N3S/c1-7-2-4-9(12(16)19)13(17-7)18-11-6-8(14)3-5-10(11)15/h2-6H,1H3,(H2,16,19)(H,17,18). The predicted molar refractivity (Wildman–Crippen MR) is 74.5 cm³/mol. The van der Waals surface area contributed by atoms with Crippen LogP contribution in [-0.2, 0) is 0 Å². The van der Waals surface area contributed by atoms with E-state index in [2.05, 4.69) is 10.3 Å². The van der Waals surface area contributed by atoms with Crippen LogP contribution in [0.15, 0.2) is 30.3 Å². The summed E-state index contributed by atoms with van der Waals surface area (Å²) in [6, 6.07) is 6.54. The Morgan fingerprint density at radius 3 is 2.68 bits per heavy atom. The number of aryl methyl sites for hydroxylation is 1. The summed E-state index contributed by atoms with van der Waals surface area (Å²) in [4.78, 5) is 4.32. The van der Waals surface area contributed by atoms with Crippen molar-refractivity contribution in [2.24, 2.45) is 5.73 Å².